The molecule has 2 amide bonds. The summed E-state index contributed by atoms with van der Waals surface area (Å²) >= 11 is 0. The van der Waals surface area contributed by atoms with Crippen LogP contribution in [0.4, 0.5) is 0 Å². The number of likely N-dealkylation sites (tertiary alicyclic amines) is 1. The van der Waals surface area contributed by atoms with Gasteiger partial charge in [-0.25, -0.2) is 0 Å². The van der Waals surface area contributed by atoms with Gasteiger partial charge in [0.15, 0.2) is 5.76 Å². The molecule has 1 saturated carbocycles. The Morgan fingerprint density at radius 1 is 1.28 bits per heavy atom. The van der Waals surface area contributed by atoms with E-state index in [1.165, 1.54) is 12.8 Å². The topological polar surface area (TPSA) is 69.9 Å². The molecule has 7 heteroatoms. The second-order valence-corrected chi connectivity index (χ2v) is 7.68. The third kappa shape index (κ3) is 3.86. The summed E-state index contributed by atoms with van der Waals surface area (Å²) in [7, 11) is 0. The average Bonchev–Trinajstić information content (AvgIpc) is 3.22. The van der Waals surface area contributed by atoms with Gasteiger partial charge in [-0.05, 0) is 25.7 Å². The maximum Gasteiger partial charge on any atom is 0.228 e. The predicted octanol–water partition coefficient (Wildman–Crippen LogP) is 0.886. The molecule has 1 aromatic heterocycles. The number of carbonyl (C=O) groups is 2. The van der Waals surface area contributed by atoms with Crippen LogP contribution < -0.4 is 0 Å². The molecule has 7 nitrogen and oxygen atoms in total. The maximum atomic E-state index is 12.8. The van der Waals surface area contributed by atoms with Crippen molar-refractivity contribution >= 4 is 11.8 Å². The van der Waals surface area contributed by atoms with E-state index >= 15 is 0 Å². The lowest BCUT2D eigenvalue weighted by molar-refractivity contribution is -0.137. The molecule has 0 bridgehead atoms. The van der Waals surface area contributed by atoms with Crippen LogP contribution in [0.5, 0.6) is 0 Å². The third-order valence-electron chi connectivity index (χ3n) is 5.48. The highest BCUT2D eigenvalue weighted by Gasteiger charge is 2.39. The molecule has 0 unspecified atom stereocenters. The van der Waals surface area contributed by atoms with Crippen molar-refractivity contribution < 1.29 is 14.1 Å². The molecule has 1 aliphatic carbocycles. The molecule has 3 heterocycles. The summed E-state index contributed by atoms with van der Waals surface area (Å²) in [6, 6.07) is 1.95. The zero-order chi connectivity index (χ0) is 17.4. The summed E-state index contributed by atoms with van der Waals surface area (Å²) in [6.45, 7) is 7.23. The van der Waals surface area contributed by atoms with Crippen molar-refractivity contribution in [2.75, 3.05) is 39.3 Å². The molecule has 136 valence electrons. The third-order valence-corrected chi connectivity index (χ3v) is 5.48. The molecule has 2 aliphatic heterocycles. The summed E-state index contributed by atoms with van der Waals surface area (Å²) in [6.07, 6.45) is 2.85. The Morgan fingerprint density at radius 3 is 2.68 bits per heavy atom. The zero-order valence-electron chi connectivity index (χ0n) is 14.8. The lowest BCUT2D eigenvalue weighted by Crippen LogP contribution is -2.50. The van der Waals surface area contributed by atoms with Gasteiger partial charge in [-0.15, -0.1) is 0 Å². The van der Waals surface area contributed by atoms with Gasteiger partial charge in [0.2, 0.25) is 11.8 Å². The number of piperazine rings is 1. The summed E-state index contributed by atoms with van der Waals surface area (Å²) in [5, 5.41) is 3.91. The van der Waals surface area contributed by atoms with E-state index in [0.717, 1.165) is 50.7 Å². The first-order chi connectivity index (χ1) is 12.1. The van der Waals surface area contributed by atoms with Gasteiger partial charge in [0, 0.05) is 51.8 Å². The number of hydrogen-bond donors (Lipinski definition) is 0. The van der Waals surface area contributed by atoms with Gasteiger partial charge in [-0.3, -0.25) is 14.5 Å². The molecule has 4 rings (SSSR count). The molecule has 25 heavy (non-hydrogen) atoms. The van der Waals surface area contributed by atoms with Gasteiger partial charge in [0.1, 0.15) is 0 Å². The average molecular weight is 346 g/mol. The Morgan fingerprint density at radius 2 is 2.04 bits per heavy atom. The lowest BCUT2D eigenvalue weighted by atomic mass is 10.1. The van der Waals surface area contributed by atoms with Gasteiger partial charge in [-0.2, -0.15) is 0 Å². The predicted molar refractivity (Wildman–Crippen MR) is 90.5 cm³/mol. The second-order valence-electron chi connectivity index (χ2n) is 7.68. The Labute approximate surface area is 147 Å². The second kappa shape index (κ2) is 6.78. The highest BCUT2D eigenvalue weighted by molar-refractivity contribution is 5.89. The molecule has 1 atom stereocenters. The molecule has 2 saturated heterocycles. The van der Waals surface area contributed by atoms with Crippen LogP contribution in [0.1, 0.15) is 30.7 Å². The van der Waals surface area contributed by atoms with Crippen molar-refractivity contribution in [3.05, 3.63) is 17.5 Å². The van der Waals surface area contributed by atoms with E-state index < -0.39 is 0 Å². The summed E-state index contributed by atoms with van der Waals surface area (Å²) in [5.74, 6) is 1.72. The van der Waals surface area contributed by atoms with Crippen molar-refractivity contribution in [2.24, 2.45) is 11.8 Å². The minimum absolute atomic E-state index is 0.144. The quantitative estimate of drug-likeness (QED) is 0.792. The van der Waals surface area contributed by atoms with Crippen LogP contribution in [0.3, 0.4) is 0 Å². The Hall–Kier alpha value is -1.89. The van der Waals surface area contributed by atoms with Gasteiger partial charge < -0.3 is 14.3 Å². The summed E-state index contributed by atoms with van der Waals surface area (Å²) in [4.78, 5) is 31.0. The Balaban J connectivity index is 1.25. The number of aromatic nitrogens is 1. The van der Waals surface area contributed by atoms with Crippen LogP contribution in [0.15, 0.2) is 10.6 Å². The maximum absolute atomic E-state index is 12.8. The molecule has 1 aromatic rings. The number of aryl methyl sites for hydroxylation is 1. The summed E-state index contributed by atoms with van der Waals surface area (Å²) < 4.78 is 5.27. The van der Waals surface area contributed by atoms with Crippen molar-refractivity contribution in [1.29, 1.82) is 0 Å². The fourth-order valence-corrected chi connectivity index (χ4v) is 3.82. The molecule has 3 aliphatic rings. The van der Waals surface area contributed by atoms with Gasteiger partial charge >= 0.3 is 0 Å². The molecular weight excluding hydrogens is 320 g/mol. The normalized spacial score (nSPS) is 25.0. The van der Waals surface area contributed by atoms with E-state index in [0.29, 0.717) is 18.9 Å². The van der Waals surface area contributed by atoms with Crippen LogP contribution >= 0.6 is 0 Å². The lowest BCUT2D eigenvalue weighted by Gasteiger charge is -2.35. The minimum Gasteiger partial charge on any atom is -0.360 e. The van der Waals surface area contributed by atoms with Crippen LogP contribution in [0.25, 0.3) is 0 Å². The number of hydrogen-bond acceptors (Lipinski definition) is 5. The standard InChI is InChI=1S/C18H26N4O3/c1-13-8-16(25-19-13)12-20-4-6-21(7-5-20)18(24)15-9-17(23)22(11-15)10-14-2-3-14/h8,14-15H,2-7,9-12H2,1H3/t15-/m0/s1. The smallest absolute Gasteiger partial charge is 0.228 e. The van der Waals surface area contributed by atoms with E-state index in [9.17, 15) is 9.59 Å². The minimum atomic E-state index is -0.144. The first-order valence-corrected chi connectivity index (χ1v) is 9.29. The highest BCUT2D eigenvalue weighted by Crippen LogP contribution is 2.32. The first-order valence-electron chi connectivity index (χ1n) is 9.29. The van der Waals surface area contributed by atoms with Crippen molar-refractivity contribution in [2.45, 2.75) is 32.7 Å². The highest BCUT2D eigenvalue weighted by atomic mass is 16.5. The summed E-state index contributed by atoms with van der Waals surface area (Å²) in [5.41, 5.74) is 0.894. The van der Waals surface area contributed by atoms with Crippen LogP contribution in [-0.4, -0.2) is 70.9 Å². The van der Waals surface area contributed by atoms with Crippen molar-refractivity contribution in [3.8, 4) is 0 Å². The molecule has 0 N–H and O–H groups in total. The van der Waals surface area contributed by atoms with Gasteiger partial charge in [0.25, 0.3) is 0 Å². The monoisotopic (exact) mass is 346 g/mol. The van der Waals surface area contributed by atoms with E-state index in [4.69, 9.17) is 4.52 Å². The Bertz CT molecular complexity index is 647. The van der Waals surface area contributed by atoms with E-state index in [2.05, 4.69) is 10.1 Å². The first kappa shape index (κ1) is 16.6. The largest absolute Gasteiger partial charge is 0.360 e. The van der Waals surface area contributed by atoms with Gasteiger partial charge in [0.05, 0.1) is 18.2 Å². The number of carbonyl (C=O) groups excluding carboxylic acids is 2. The molecule has 3 fully saturated rings. The molecular formula is C18H26N4O3. The Kier molecular flexibility index (Phi) is 4.50. The van der Waals surface area contributed by atoms with Crippen molar-refractivity contribution in [3.63, 3.8) is 0 Å². The van der Waals surface area contributed by atoms with Crippen LogP contribution in [-0.2, 0) is 16.1 Å². The van der Waals surface area contributed by atoms with Crippen LogP contribution in [0, 0.1) is 18.8 Å². The fourth-order valence-electron chi connectivity index (χ4n) is 3.82. The molecule has 0 spiro atoms. The van der Waals surface area contributed by atoms with Crippen molar-refractivity contribution in [1.82, 2.24) is 19.9 Å². The van der Waals surface area contributed by atoms with E-state index in [1.807, 2.05) is 22.8 Å². The van der Waals surface area contributed by atoms with Crippen LogP contribution in [0.2, 0.25) is 0 Å². The number of rotatable bonds is 5. The SMILES string of the molecule is Cc1cc(CN2CCN(C(=O)[C@H]3CC(=O)N(CC4CC4)C3)CC2)on1. The van der Waals surface area contributed by atoms with E-state index in [1.54, 1.807) is 0 Å². The molecule has 0 aromatic carbocycles. The fraction of sp³-hybridized carbons (Fsp3) is 0.722. The molecule has 0 radical (unpaired) electrons. The van der Waals surface area contributed by atoms with E-state index in [-0.39, 0.29) is 17.7 Å². The zero-order valence-corrected chi connectivity index (χ0v) is 14.8. The van der Waals surface area contributed by atoms with Gasteiger partial charge in [-0.1, -0.05) is 5.16 Å². The number of amides is 2. The number of nitrogens with zero attached hydrogens (tertiary/aromatic N) is 4.